The summed E-state index contributed by atoms with van der Waals surface area (Å²) in [5.74, 6) is 0.331. The summed E-state index contributed by atoms with van der Waals surface area (Å²) < 4.78 is 5.36. The van der Waals surface area contributed by atoms with Gasteiger partial charge in [0.15, 0.2) is 0 Å². The largest absolute Gasteiger partial charge is 0.468 e. The summed E-state index contributed by atoms with van der Waals surface area (Å²) in [5, 5.41) is 0.770. The third-order valence-electron chi connectivity index (χ3n) is 4.47. The molecule has 2 aromatic carbocycles. The molecule has 3 aromatic rings. The van der Waals surface area contributed by atoms with Crippen molar-refractivity contribution in [3.8, 4) is 0 Å². The number of nitrogens with zero attached hydrogens (tertiary/aromatic N) is 1. The van der Waals surface area contributed by atoms with Crippen LogP contribution in [0.15, 0.2) is 70.2 Å². The van der Waals surface area contributed by atoms with Crippen LogP contribution in [-0.4, -0.2) is 11.8 Å². The van der Waals surface area contributed by atoms with Crippen LogP contribution in [0.2, 0.25) is 10.0 Å². The monoisotopic (exact) mass is 443 g/mol. The lowest BCUT2D eigenvalue weighted by Gasteiger charge is -2.15. The van der Waals surface area contributed by atoms with E-state index in [1.165, 1.54) is 16.7 Å². The van der Waals surface area contributed by atoms with Gasteiger partial charge in [-0.1, -0.05) is 47.0 Å². The molecule has 0 atom stereocenters. The predicted molar refractivity (Wildman–Crippen MR) is 117 cm³/mol. The Morgan fingerprint density at radius 2 is 1.76 bits per heavy atom. The van der Waals surface area contributed by atoms with Crippen LogP contribution in [0.25, 0.3) is 5.57 Å². The van der Waals surface area contributed by atoms with Crippen LogP contribution in [0.1, 0.15) is 16.9 Å². The van der Waals surface area contributed by atoms with Gasteiger partial charge in [0.1, 0.15) is 5.76 Å². The molecule has 2 heterocycles. The zero-order chi connectivity index (χ0) is 20.5. The number of carbonyl (C=O) groups excluding carboxylic acids is 2. The summed E-state index contributed by atoms with van der Waals surface area (Å²) in [6.07, 6.45) is 1.57. The molecule has 4 rings (SSSR count). The lowest BCUT2D eigenvalue weighted by atomic mass is 10.1. The first kappa shape index (κ1) is 19.8. The Morgan fingerprint density at radius 1 is 1.00 bits per heavy atom. The first-order chi connectivity index (χ1) is 14.0. The number of imide groups is 1. The number of anilines is 1. The van der Waals surface area contributed by atoms with E-state index in [-0.39, 0.29) is 11.5 Å². The van der Waals surface area contributed by atoms with E-state index in [2.05, 4.69) is 0 Å². The maximum atomic E-state index is 13.3. The molecule has 146 valence electrons. The van der Waals surface area contributed by atoms with Gasteiger partial charge in [-0.2, -0.15) is 0 Å². The van der Waals surface area contributed by atoms with Gasteiger partial charge in [0, 0.05) is 10.6 Å². The quantitative estimate of drug-likeness (QED) is 0.446. The fraction of sp³-hybridized carbons (Fsp3) is 0.0909. The second kappa shape index (κ2) is 8.11. The molecule has 29 heavy (non-hydrogen) atoms. The Bertz CT molecular complexity index is 1120. The normalized spacial score (nSPS) is 14.2. The van der Waals surface area contributed by atoms with Crippen LogP contribution in [0.5, 0.6) is 0 Å². The molecule has 0 bridgehead atoms. The summed E-state index contributed by atoms with van der Waals surface area (Å²) in [4.78, 5) is 28.1. The first-order valence-electron chi connectivity index (χ1n) is 8.76. The average molecular weight is 444 g/mol. The van der Waals surface area contributed by atoms with Gasteiger partial charge < -0.3 is 4.42 Å². The zero-order valence-corrected chi connectivity index (χ0v) is 17.6. The number of furan rings is 1. The molecular weight excluding hydrogens is 429 g/mol. The standard InChI is InChI=1S/C22H15Cl2NO3S/c1-13-4-7-15(8-5-13)25-21(26)19(17-9-6-14(23)11-18(17)24)20(22(25)27)29-12-16-3-2-10-28-16/h2-11H,12H2,1H3. The van der Waals surface area contributed by atoms with E-state index in [1.54, 1.807) is 42.7 Å². The van der Waals surface area contributed by atoms with Gasteiger partial charge in [-0.25, -0.2) is 4.90 Å². The van der Waals surface area contributed by atoms with E-state index in [0.29, 0.717) is 37.7 Å². The number of rotatable bonds is 5. The minimum atomic E-state index is -0.412. The van der Waals surface area contributed by atoms with E-state index >= 15 is 0 Å². The number of hydrogen-bond donors (Lipinski definition) is 0. The molecule has 0 saturated carbocycles. The van der Waals surface area contributed by atoms with Crippen molar-refractivity contribution in [3.05, 3.63) is 92.7 Å². The smallest absolute Gasteiger partial charge is 0.272 e. The summed E-state index contributed by atoms with van der Waals surface area (Å²) in [5.41, 5.74) is 2.30. The number of hydrogen-bond acceptors (Lipinski definition) is 4. The third-order valence-corrected chi connectivity index (χ3v) is 6.12. The van der Waals surface area contributed by atoms with Crippen molar-refractivity contribution in [3.63, 3.8) is 0 Å². The van der Waals surface area contributed by atoms with Gasteiger partial charge in [-0.05, 0) is 43.3 Å². The molecule has 7 heteroatoms. The molecule has 2 amide bonds. The minimum absolute atomic E-state index is 0.272. The van der Waals surface area contributed by atoms with Crippen molar-refractivity contribution in [1.29, 1.82) is 0 Å². The van der Waals surface area contributed by atoms with Crippen LogP contribution in [0.3, 0.4) is 0 Å². The number of benzene rings is 2. The Kier molecular flexibility index (Phi) is 5.54. The topological polar surface area (TPSA) is 50.5 Å². The maximum absolute atomic E-state index is 13.3. The minimum Gasteiger partial charge on any atom is -0.468 e. The van der Waals surface area contributed by atoms with E-state index in [1.807, 2.05) is 25.1 Å². The van der Waals surface area contributed by atoms with Crippen LogP contribution < -0.4 is 4.90 Å². The highest BCUT2D eigenvalue weighted by molar-refractivity contribution is 8.03. The van der Waals surface area contributed by atoms with E-state index in [0.717, 1.165) is 5.56 Å². The number of amides is 2. The van der Waals surface area contributed by atoms with Gasteiger partial charge in [0.05, 0.1) is 33.2 Å². The second-order valence-corrected chi connectivity index (χ2v) is 8.31. The van der Waals surface area contributed by atoms with Gasteiger partial charge >= 0.3 is 0 Å². The third kappa shape index (κ3) is 3.86. The molecule has 0 radical (unpaired) electrons. The second-order valence-electron chi connectivity index (χ2n) is 6.48. The van der Waals surface area contributed by atoms with Gasteiger partial charge in [0.25, 0.3) is 11.8 Å². The van der Waals surface area contributed by atoms with Crippen LogP contribution in [0, 0.1) is 6.92 Å². The lowest BCUT2D eigenvalue weighted by molar-refractivity contribution is -0.119. The molecule has 1 aromatic heterocycles. The van der Waals surface area contributed by atoms with Crippen molar-refractivity contribution >= 4 is 58.0 Å². The Labute approximate surface area is 182 Å². The molecule has 0 unspecified atom stereocenters. The number of thioether (sulfide) groups is 1. The van der Waals surface area contributed by atoms with Crippen molar-refractivity contribution < 1.29 is 14.0 Å². The van der Waals surface area contributed by atoms with Crippen molar-refractivity contribution in [2.75, 3.05) is 4.90 Å². The van der Waals surface area contributed by atoms with Crippen molar-refractivity contribution in [2.45, 2.75) is 12.7 Å². The van der Waals surface area contributed by atoms with Gasteiger partial charge in [0.2, 0.25) is 0 Å². The van der Waals surface area contributed by atoms with Crippen molar-refractivity contribution in [1.82, 2.24) is 0 Å². The summed E-state index contributed by atoms with van der Waals surface area (Å²) in [6.45, 7) is 1.94. The van der Waals surface area contributed by atoms with Gasteiger partial charge in [-0.15, -0.1) is 11.8 Å². The van der Waals surface area contributed by atoms with E-state index in [9.17, 15) is 9.59 Å². The summed E-state index contributed by atoms with van der Waals surface area (Å²) in [7, 11) is 0. The predicted octanol–water partition coefficient (Wildman–Crippen LogP) is 6.11. The number of halogens is 2. The first-order valence-corrected chi connectivity index (χ1v) is 10.5. The van der Waals surface area contributed by atoms with E-state index < -0.39 is 5.91 Å². The highest BCUT2D eigenvalue weighted by atomic mass is 35.5. The molecule has 0 fully saturated rings. The number of carbonyl (C=O) groups is 2. The van der Waals surface area contributed by atoms with E-state index in [4.69, 9.17) is 27.6 Å². The molecule has 0 spiro atoms. The van der Waals surface area contributed by atoms with Crippen LogP contribution >= 0.6 is 35.0 Å². The number of aryl methyl sites for hydroxylation is 1. The molecule has 0 saturated heterocycles. The fourth-order valence-electron chi connectivity index (χ4n) is 3.04. The summed E-state index contributed by atoms with van der Waals surface area (Å²) in [6, 6.07) is 15.7. The Hall–Kier alpha value is -2.47. The summed E-state index contributed by atoms with van der Waals surface area (Å²) >= 11 is 13.6. The fourth-order valence-corrected chi connectivity index (χ4v) is 4.55. The van der Waals surface area contributed by atoms with Gasteiger partial charge in [-0.3, -0.25) is 9.59 Å². The highest BCUT2D eigenvalue weighted by Crippen LogP contribution is 2.42. The average Bonchev–Trinajstić information content (AvgIpc) is 3.28. The molecule has 1 aliphatic rings. The zero-order valence-electron chi connectivity index (χ0n) is 15.3. The Balaban J connectivity index is 1.78. The lowest BCUT2D eigenvalue weighted by Crippen LogP contribution is -2.31. The highest BCUT2D eigenvalue weighted by Gasteiger charge is 2.40. The SMILES string of the molecule is Cc1ccc(N2C(=O)C(SCc3ccco3)=C(c3ccc(Cl)cc3Cl)C2=O)cc1. The van der Waals surface area contributed by atoms with Crippen LogP contribution in [0.4, 0.5) is 5.69 Å². The Morgan fingerprint density at radius 3 is 2.41 bits per heavy atom. The molecular formula is C22H15Cl2NO3S. The molecule has 0 N–H and O–H groups in total. The van der Waals surface area contributed by atoms with Crippen LogP contribution in [-0.2, 0) is 15.3 Å². The molecule has 4 nitrogen and oxygen atoms in total. The van der Waals surface area contributed by atoms with Crippen molar-refractivity contribution in [2.24, 2.45) is 0 Å². The maximum Gasteiger partial charge on any atom is 0.272 e. The molecule has 0 aliphatic carbocycles. The molecule has 1 aliphatic heterocycles.